The average molecular weight is 206 g/mol. The first-order valence-corrected chi connectivity index (χ1v) is 3.84. The molecule has 0 spiro atoms. The van der Waals surface area contributed by atoms with E-state index in [1.54, 1.807) is 0 Å². The lowest BCUT2D eigenvalue weighted by molar-refractivity contribution is -0.139. The van der Waals surface area contributed by atoms with Crippen molar-refractivity contribution in [2.75, 3.05) is 0 Å². The minimum absolute atomic E-state index is 0.0628. The predicted molar refractivity (Wildman–Crippen MR) is 47.5 cm³/mol. The van der Waals surface area contributed by atoms with Crippen molar-refractivity contribution in [3.8, 4) is 0 Å². The number of rotatable bonds is 5. The predicted octanol–water partition coefficient (Wildman–Crippen LogP) is -0.260. The van der Waals surface area contributed by atoms with Crippen LogP contribution in [0.3, 0.4) is 0 Å². The fraction of sp³-hybridized carbons (Fsp3) is 0.571. The van der Waals surface area contributed by atoms with E-state index in [9.17, 15) is 9.59 Å². The second-order valence-corrected chi connectivity index (χ2v) is 2.40. The molecule has 0 radical (unpaired) electrons. The summed E-state index contributed by atoms with van der Waals surface area (Å²) < 4.78 is 0. The SMILES string of the molecule is NC(N)=O.O=C(O)CCCCC(=O)O. The van der Waals surface area contributed by atoms with Gasteiger partial charge in [-0.05, 0) is 12.8 Å². The Balaban J connectivity index is 0. The molecule has 0 saturated heterocycles. The molecule has 0 aromatic rings. The van der Waals surface area contributed by atoms with E-state index in [1.165, 1.54) is 0 Å². The zero-order chi connectivity index (χ0) is 11.6. The number of nitrogens with two attached hydrogens (primary N) is 2. The van der Waals surface area contributed by atoms with Crippen molar-refractivity contribution in [3.05, 3.63) is 0 Å². The Hall–Kier alpha value is -1.79. The molecular weight excluding hydrogens is 192 g/mol. The van der Waals surface area contributed by atoms with Gasteiger partial charge >= 0.3 is 18.0 Å². The fourth-order valence-corrected chi connectivity index (χ4v) is 0.552. The summed E-state index contributed by atoms with van der Waals surface area (Å²) in [5.74, 6) is -1.74. The third-order valence-corrected chi connectivity index (χ3v) is 1.03. The maximum absolute atomic E-state index is 9.90. The van der Waals surface area contributed by atoms with E-state index >= 15 is 0 Å². The van der Waals surface area contributed by atoms with Crippen LogP contribution < -0.4 is 11.5 Å². The van der Waals surface area contributed by atoms with Gasteiger partial charge < -0.3 is 21.7 Å². The number of carboxylic acids is 2. The zero-order valence-corrected chi connectivity index (χ0v) is 7.60. The summed E-state index contributed by atoms with van der Waals surface area (Å²) in [4.78, 5) is 28.8. The molecule has 7 heteroatoms. The van der Waals surface area contributed by atoms with Crippen molar-refractivity contribution in [2.24, 2.45) is 11.5 Å². The first kappa shape index (κ1) is 14.7. The minimum Gasteiger partial charge on any atom is -0.481 e. The number of urea groups is 1. The van der Waals surface area contributed by atoms with Crippen LogP contribution in [-0.4, -0.2) is 28.2 Å². The van der Waals surface area contributed by atoms with Gasteiger partial charge in [-0.25, -0.2) is 4.79 Å². The molecule has 7 nitrogen and oxygen atoms in total. The van der Waals surface area contributed by atoms with Crippen molar-refractivity contribution in [2.45, 2.75) is 25.7 Å². The Labute approximate surface area is 80.7 Å². The van der Waals surface area contributed by atoms with Crippen LogP contribution in [0.5, 0.6) is 0 Å². The first-order chi connectivity index (χ1) is 6.36. The molecule has 0 bridgehead atoms. The Kier molecular flexibility index (Phi) is 9.78. The monoisotopic (exact) mass is 206 g/mol. The number of aliphatic carboxylic acids is 2. The molecule has 0 fully saturated rings. The van der Waals surface area contributed by atoms with Gasteiger partial charge in [-0.2, -0.15) is 0 Å². The van der Waals surface area contributed by atoms with Gasteiger partial charge in [0.1, 0.15) is 0 Å². The van der Waals surface area contributed by atoms with Gasteiger partial charge in [0.25, 0.3) is 0 Å². The molecule has 0 aliphatic carbocycles. The highest BCUT2D eigenvalue weighted by atomic mass is 16.4. The van der Waals surface area contributed by atoms with Crippen LogP contribution in [0.1, 0.15) is 25.7 Å². The van der Waals surface area contributed by atoms with E-state index in [2.05, 4.69) is 11.5 Å². The standard InChI is InChI=1S/C6H10O4.CH4N2O/c7-5(8)3-1-2-4-6(9)10;2-1(3)4/h1-4H2,(H,7,8)(H,9,10);(H4,2,3,4). The summed E-state index contributed by atoms with van der Waals surface area (Å²) in [5.41, 5.74) is 8.50. The number of carboxylic acid groups (broad SMARTS) is 2. The Bertz CT molecular complexity index is 184. The number of hydrogen-bond donors (Lipinski definition) is 4. The van der Waals surface area contributed by atoms with Crippen molar-refractivity contribution in [1.82, 2.24) is 0 Å². The van der Waals surface area contributed by atoms with Crippen molar-refractivity contribution in [1.29, 1.82) is 0 Å². The number of carbonyl (C=O) groups excluding carboxylic acids is 1. The summed E-state index contributed by atoms with van der Waals surface area (Å²) >= 11 is 0. The van der Waals surface area contributed by atoms with Crippen LogP contribution in [0.15, 0.2) is 0 Å². The zero-order valence-electron chi connectivity index (χ0n) is 7.60. The lowest BCUT2D eigenvalue weighted by Crippen LogP contribution is -2.18. The highest BCUT2D eigenvalue weighted by molar-refractivity contribution is 5.69. The summed E-state index contributed by atoms with van der Waals surface area (Å²) in [6, 6.07) is -0.833. The highest BCUT2D eigenvalue weighted by Crippen LogP contribution is 1.98. The van der Waals surface area contributed by atoms with E-state index in [1.807, 2.05) is 0 Å². The van der Waals surface area contributed by atoms with Crippen molar-refractivity contribution in [3.63, 3.8) is 0 Å². The van der Waals surface area contributed by atoms with Crippen molar-refractivity contribution < 1.29 is 24.6 Å². The highest BCUT2D eigenvalue weighted by Gasteiger charge is 1.99. The van der Waals surface area contributed by atoms with Crippen LogP contribution in [0.2, 0.25) is 0 Å². The van der Waals surface area contributed by atoms with Crippen LogP contribution in [0.25, 0.3) is 0 Å². The molecule has 0 aromatic carbocycles. The summed E-state index contributed by atoms with van der Waals surface area (Å²) in [5, 5.41) is 16.3. The number of primary amides is 2. The summed E-state index contributed by atoms with van der Waals surface area (Å²) in [6.07, 6.45) is 1.02. The van der Waals surface area contributed by atoms with Gasteiger partial charge in [0, 0.05) is 12.8 Å². The van der Waals surface area contributed by atoms with Gasteiger partial charge in [-0.1, -0.05) is 0 Å². The fourth-order valence-electron chi connectivity index (χ4n) is 0.552. The molecule has 0 saturated carbocycles. The van der Waals surface area contributed by atoms with Gasteiger partial charge in [0.05, 0.1) is 0 Å². The van der Waals surface area contributed by atoms with Crippen LogP contribution in [0.4, 0.5) is 4.79 Å². The van der Waals surface area contributed by atoms with E-state index < -0.39 is 18.0 Å². The van der Waals surface area contributed by atoms with Gasteiger partial charge in [-0.15, -0.1) is 0 Å². The quantitative estimate of drug-likeness (QED) is 0.458. The Morgan fingerprint density at radius 3 is 1.21 bits per heavy atom. The Morgan fingerprint density at radius 2 is 1.07 bits per heavy atom. The molecule has 0 rings (SSSR count). The number of amides is 2. The van der Waals surface area contributed by atoms with Crippen LogP contribution >= 0.6 is 0 Å². The maximum atomic E-state index is 9.90. The summed E-state index contributed by atoms with van der Waals surface area (Å²) in [7, 11) is 0. The van der Waals surface area contributed by atoms with Crippen LogP contribution in [0, 0.1) is 0 Å². The van der Waals surface area contributed by atoms with E-state index in [0.29, 0.717) is 12.8 Å². The number of hydrogen-bond acceptors (Lipinski definition) is 3. The second-order valence-electron chi connectivity index (χ2n) is 2.40. The van der Waals surface area contributed by atoms with E-state index in [-0.39, 0.29) is 12.8 Å². The van der Waals surface area contributed by atoms with Crippen LogP contribution in [-0.2, 0) is 9.59 Å². The van der Waals surface area contributed by atoms with Gasteiger partial charge in [0.2, 0.25) is 0 Å². The molecule has 0 heterocycles. The molecule has 0 aliphatic heterocycles. The maximum Gasteiger partial charge on any atom is 0.309 e. The lowest BCUT2D eigenvalue weighted by atomic mass is 10.2. The van der Waals surface area contributed by atoms with Crippen molar-refractivity contribution >= 4 is 18.0 Å². The minimum atomic E-state index is -0.870. The first-order valence-electron chi connectivity index (χ1n) is 3.84. The molecule has 6 N–H and O–H groups in total. The molecule has 0 atom stereocenters. The second kappa shape index (κ2) is 9.30. The average Bonchev–Trinajstić information content (AvgIpc) is 1.96. The molecule has 2 amide bonds. The smallest absolute Gasteiger partial charge is 0.309 e. The van der Waals surface area contributed by atoms with Gasteiger partial charge in [-0.3, -0.25) is 9.59 Å². The Morgan fingerprint density at radius 1 is 0.857 bits per heavy atom. The normalized spacial score (nSPS) is 8.29. The summed E-state index contributed by atoms with van der Waals surface area (Å²) in [6.45, 7) is 0. The number of carbonyl (C=O) groups is 3. The van der Waals surface area contributed by atoms with E-state index in [4.69, 9.17) is 15.0 Å². The topological polar surface area (TPSA) is 144 Å². The molecular formula is C7H14N2O5. The van der Waals surface area contributed by atoms with Gasteiger partial charge in [0.15, 0.2) is 0 Å². The number of unbranched alkanes of at least 4 members (excludes halogenated alkanes) is 1. The largest absolute Gasteiger partial charge is 0.481 e. The molecule has 14 heavy (non-hydrogen) atoms. The third-order valence-electron chi connectivity index (χ3n) is 1.03. The molecule has 0 aromatic heterocycles. The molecule has 82 valence electrons. The molecule has 0 unspecified atom stereocenters. The third kappa shape index (κ3) is 31.9. The molecule has 0 aliphatic rings. The lowest BCUT2D eigenvalue weighted by Gasteiger charge is -1.92. The van der Waals surface area contributed by atoms with E-state index in [0.717, 1.165) is 0 Å².